The molecular formula is C10H9BrO5. The molecule has 5 nitrogen and oxygen atoms in total. The van der Waals surface area contributed by atoms with E-state index in [0.29, 0.717) is 16.0 Å². The van der Waals surface area contributed by atoms with Gasteiger partial charge in [-0.3, -0.25) is 0 Å². The molecule has 0 spiro atoms. The number of aromatic carboxylic acids is 1. The average molecular weight is 289 g/mol. The van der Waals surface area contributed by atoms with Gasteiger partial charge in [0.1, 0.15) is 6.61 Å². The van der Waals surface area contributed by atoms with Gasteiger partial charge in [-0.05, 0) is 28.1 Å². The molecule has 86 valence electrons. The third-order valence-electron chi connectivity index (χ3n) is 2.19. The second kappa shape index (κ2) is 4.31. The lowest BCUT2D eigenvalue weighted by Crippen LogP contribution is -2.32. The van der Waals surface area contributed by atoms with Crippen LogP contribution < -0.4 is 9.47 Å². The van der Waals surface area contributed by atoms with Gasteiger partial charge in [0.25, 0.3) is 0 Å². The monoisotopic (exact) mass is 288 g/mol. The van der Waals surface area contributed by atoms with Crippen LogP contribution in [0, 0.1) is 0 Å². The maximum Gasteiger partial charge on any atom is 0.336 e. The number of halogens is 1. The van der Waals surface area contributed by atoms with Gasteiger partial charge in [-0.15, -0.1) is 0 Å². The highest BCUT2D eigenvalue weighted by molar-refractivity contribution is 9.10. The summed E-state index contributed by atoms with van der Waals surface area (Å²) in [6.45, 7) is 0.0836. The first-order valence-corrected chi connectivity index (χ1v) is 5.38. The minimum Gasteiger partial charge on any atom is -0.486 e. The molecule has 1 aromatic rings. The van der Waals surface area contributed by atoms with Crippen LogP contribution in [0.15, 0.2) is 16.6 Å². The van der Waals surface area contributed by atoms with Gasteiger partial charge < -0.3 is 19.7 Å². The summed E-state index contributed by atoms with van der Waals surface area (Å²) < 4.78 is 11.1. The van der Waals surface area contributed by atoms with E-state index in [1.807, 2.05) is 0 Å². The molecule has 1 atom stereocenters. The normalized spacial score (nSPS) is 18.2. The van der Waals surface area contributed by atoms with Crippen molar-refractivity contribution < 1.29 is 24.5 Å². The van der Waals surface area contributed by atoms with Crippen LogP contribution >= 0.6 is 15.9 Å². The molecule has 1 heterocycles. The van der Waals surface area contributed by atoms with Crippen molar-refractivity contribution in [1.82, 2.24) is 0 Å². The summed E-state index contributed by atoms with van der Waals surface area (Å²) >= 11 is 3.14. The maximum atomic E-state index is 10.9. The fourth-order valence-corrected chi connectivity index (χ4v) is 1.88. The largest absolute Gasteiger partial charge is 0.486 e. The van der Waals surface area contributed by atoms with E-state index in [-0.39, 0.29) is 18.8 Å². The maximum absolute atomic E-state index is 10.9. The number of carboxylic acids is 1. The van der Waals surface area contributed by atoms with E-state index >= 15 is 0 Å². The molecule has 0 aromatic heterocycles. The van der Waals surface area contributed by atoms with Crippen molar-refractivity contribution in [3.63, 3.8) is 0 Å². The summed E-state index contributed by atoms with van der Waals surface area (Å²) in [7, 11) is 0. The summed E-state index contributed by atoms with van der Waals surface area (Å²) in [5.41, 5.74) is 0.0981. The van der Waals surface area contributed by atoms with Gasteiger partial charge in [-0.2, -0.15) is 0 Å². The molecule has 0 saturated carbocycles. The SMILES string of the molecule is O=C(O)c1cc2c(cc1Br)OC[C@H](CO)O2. The Morgan fingerprint density at radius 2 is 2.25 bits per heavy atom. The topological polar surface area (TPSA) is 76.0 Å². The second-order valence-corrected chi connectivity index (χ2v) is 4.17. The number of aliphatic hydroxyl groups is 1. The van der Waals surface area contributed by atoms with Crippen molar-refractivity contribution in [3.05, 3.63) is 22.2 Å². The third kappa shape index (κ3) is 1.98. The Bertz CT molecular complexity index is 431. The minimum atomic E-state index is -1.05. The standard InChI is InChI=1S/C10H9BrO5/c11-7-2-8-9(1-6(7)10(13)14)16-5(3-12)4-15-8/h1-2,5,12H,3-4H2,(H,13,14)/t5-/m0/s1. The van der Waals surface area contributed by atoms with Crippen molar-refractivity contribution in [2.24, 2.45) is 0 Å². The van der Waals surface area contributed by atoms with E-state index in [1.54, 1.807) is 6.07 Å². The van der Waals surface area contributed by atoms with E-state index in [1.165, 1.54) is 6.07 Å². The number of carbonyl (C=O) groups is 1. The van der Waals surface area contributed by atoms with Crippen molar-refractivity contribution in [1.29, 1.82) is 0 Å². The van der Waals surface area contributed by atoms with E-state index in [2.05, 4.69) is 15.9 Å². The molecule has 0 amide bonds. The zero-order chi connectivity index (χ0) is 11.7. The van der Waals surface area contributed by atoms with Crippen molar-refractivity contribution in [2.45, 2.75) is 6.10 Å². The van der Waals surface area contributed by atoms with Crippen LogP contribution in [0.1, 0.15) is 10.4 Å². The molecule has 0 aliphatic carbocycles. The Labute approximate surface area is 99.7 Å². The number of ether oxygens (including phenoxy) is 2. The minimum absolute atomic E-state index is 0.0981. The van der Waals surface area contributed by atoms with E-state index < -0.39 is 12.1 Å². The molecule has 0 radical (unpaired) electrons. The number of carboxylic acid groups (broad SMARTS) is 1. The van der Waals surface area contributed by atoms with Gasteiger partial charge in [-0.1, -0.05) is 0 Å². The van der Waals surface area contributed by atoms with Gasteiger partial charge >= 0.3 is 5.97 Å². The Balaban J connectivity index is 2.39. The molecule has 6 heteroatoms. The lowest BCUT2D eigenvalue weighted by atomic mass is 10.2. The Hall–Kier alpha value is -1.27. The molecule has 1 aromatic carbocycles. The highest BCUT2D eigenvalue weighted by atomic mass is 79.9. The summed E-state index contributed by atoms with van der Waals surface area (Å²) in [5.74, 6) is -0.239. The molecule has 0 fully saturated rings. The van der Waals surface area contributed by atoms with Crippen LogP contribution in [0.4, 0.5) is 0 Å². The first-order chi connectivity index (χ1) is 7.61. The molecule has 2 N–H and O–H groups in total. The number of rotatable bonds is 2. The summed E-state index contributed by atoms with van der Waals surface area (Å²) in [6, 6.07) is 2.93. The predicted octanol–water partition coefficient (Wildman–Crippen LogP) is 1.28. The molecule has 2 rings (SSSR count). The van der Waals surface area contributed by atoms with Crippen LogP contribution in [-0.4, -0.2) is 35.5 Å². The number of aliphatic hydroxyl groups excluding tert-OH is 1. The number of fused-ring (bicyclic) bond motifs is 1. The molecular weight excluding hydrogens is 280 g/mol. The summed E-state index contributed by atoms with van der Waals surface area (Å²) in [5, 5.41) is 17.8. The van der Waals surface area contributed by atoms with Crippen molar-refractivity contribution in [3.8, 4) is 11.5 Å². The smallest absolute Gasteiger partial charge is 0.336 e. The highest BCUT2D eigenvalue weighted by Gasteiger charge is 2.23. The molecule has 0 unspecified atom stereocenters. The lowest BCUT2D eigenvalue weighted by molar-refractivity contribution is 0.0452. The summed E-state index contributed by atoms with van der Waals surface area (Å²) in [6.07, 6.45) is -0.449. The molecule has 1 aliphatic rings. The zero-order valence-corrected chi connectivity index (χ0v) is 9.73. The fraction of sp³-hybridized carbons (Fsp3) is 0.300. The predicted molar refractivity (Wildman–Crippen MR) is 58.1 cm³/mol. The molecule has 0 bridgehead atoms. The Morgan fingerprint density at radius 3 is 2.88 bits per heavy atom. The van der Waals surface area contributed by atoms with Crippen molar-refractivity contribution in [2.75, 3.05) is 13.2 Å². The lowest BCUT2D eigenvalue weighted by Gasteiger charge is -2.25. The Kier molecular flexibility index (Phi) is 3.02. The van der Waals surface area contributed by atoms with Crippen LogP contribution in [0.3, 0.4) is 0 Å². The van der Waals surface area contributed by atoms with E-state index in [0.717, 1.165) is 0 Å². The van der Waals surface area contributed by atoms with Gasteiger partial charge in [0.15, 0.2) is 17.6 Å². The van der Waals surface area contributed by atoms with Crippen LogP contribution in [0.2, 0.25) is 0 Å². The number of hydrogen-bond donors (Lipinski definition) is 2. The Morgan fingerprint density at radius 1 is 1.50 bits per heavy atom. The summed E-state index contributed by atoms with van der Waals surface area (Å²) in [4.78, 5) is 10.9. The molecule has 0 saturated heterocycles. The van der Waals surface area contributed by atoms with Crippen molar-refractivity contribution >= 4 is 21.9 Å². The van der Waals surface area contributed by atoms with E-state index in [9.17, 15) is 4.79 Å². The third-order valence-corrected chi connectivity index (χ3v) is 2.84. The van der Waals surface area contributed by atoms with Crippen LogP contribution in [-0.2, 0) is 0 Å². The van der Waals surface area contributed by atoms with Gasteiger partial charge in [0.05, 0.1) is 12.2 Å². The number of benzene rings is 1. The first kappa shape index (κ1) is 11.2. The van der Waals surface area contributed by atoms with Gasteiger partial charge in [-0.25, -0.2) is 4.79 Å². The highest BCUT2D eigenvalue weighted by Crippen LogP contribution is 2.36. The van der Waals surface area contributed by atoms with Gasteiger partial charge in [0.2, 0.25) is 0 Å². The molecule has 1 aliphatic heterocycles. The zero-order valence-electron chi connectivity index (χ0n) is 8.14. The second-order valence-electron chi connectivity index (χ2n) is 3.32. The number of hydrogen-bond acceptors (Lipinski definition) is 4. The van der Waals surface area contributed by atoms with Crippen LogP contribution in [0.25, 0.3) is 0 Å². The first-order valence-electron chi connectivity index (χ1n) is 4.59. The quantitative estimate of drug-likeness (QED) is 0.857. The average Bonchev–Trinajstić information content (AvgIpc) is 2.27. The molecule has 16 heavy (non-hydrogen) atoms. The van der Waals surface area contributed by atoms with Crippen LogP contribution in [0.5, 0.6) is 11.5 Å². The fourth-order valence-electron chi connectivity index (χ4n) is 1.39. The van der Waals surface area contributed by atoms with Gasteiger partial charge in [0, 0.05) is 4.47 Å². The van der Waals surface area contributed by atoms with E-state index in [4.69, 9.17) is 19.7 Å².